The predicted octanol–water partition coefficient (Wildman–Crippen LogP) is 8.93. The molecule has 256 valence electrons. The van der Waals surface area contributed by atoms with E-state index >= 15 is 0 Å². The van der Waals surface area contributed by atoms with Crippen molar-refractivity contribution >= 4 is 49.3 Å². The van der Waals surface area contributed by atoms with Crippen LogP contribution in [0.1, 0.15) is 38.8 Å². The van der Waals surface area contributed by atoms with Gasteiger partial charge in [-0.1, -0.05) is 103 Å². The van der Waals surface area contributed by atoms with Gasteiger partial charge in [-0.05, 0) is 82.1 Å². The molecule has 0 atom stereocenters. The number of fused-ring (bicyclic) bond motifs is 2. The Morgan fingerprint density at radius 2 is 1.39 bits per heavy atom. The SMILES string of the molecule is O=C(O)c1ccc(OCCc2c(CCNS(=O)(=O)c3ccc4ccccc4c3)n(C(c3ccccc3)c3ccccc3)c3ccc(Cl)cc23)cc1. The Hall–Kier alpha value is -5.41. The number of aromatic carboxylic acids is 1. The molecule has 1 aromatic heterocycles. The number of hydrogen-bond acceptors (Lipinski definition) is 4. The van der Waals surface area contributed by atoms with Gasteiger partial charge < -0.3 is 14.4 Å². The summed E-state index contributed by atoms with van der Waals surface area (Å²) < 4.78 is 38.6. The zero-order valence-electron chi connectivity index (χ0n) is 27.6. The van der Waals surface area contributed by atoms with Crippen molar-refractivity contribution in [2.75, 3.05) is 13.2 Å². The number of sulfonamides is 1. The third kappa shape index (κ3) is 7.39. The highest BCUT2D eigenvalue weighted by Gasteiger charge is 2.26. The summed E-state index contributed by atoms with van der Waals surface area (Å²) in [4.78, 5) is 11.6. The number of ether oxygens (including phenoxy) is 1. The van der Waals surface area contributed by atoms with E-state index in [-0.39, 0.29) is 23.0 Å². The second-order valence-electron chi connectivity index (χ2n) is 12.3. The van der Waals surface area contributed by atoms with Gasteiger partial charge in [0.15, 0.2) is 0 Å². The van der Waals surface area contributed by atoms with E-state index in [1.54, 1.807) is 24.3 Å². The average Bonchev–Trinajstić information content (AvgIpc) is 3.44. The van der Waals surface area contributed by atoms with Crippen molar-refractivity contribution in [1.82, 2.24) is 9.29 Å². The largest absolute Gasteiger partial charge is 0.493 e. The summed E-state index contributed by atoms with van der Waals surface area (Å²) in [6, 6.07) is 45.3. The lowest BCUT2D eigenvalue weighted by atomic mass is 9.97. The molecule has 0 aliphatic rings. The highest BCUT2D eigenvalue weighted by Crippen LogP contribution is 2.38. The van der Waals surface area contributed by atoms with Crippen molar-refractivity contribution < 1.29 is 23.1 Å². The molecule has 9 heteroatoms. The second-order valence-corrected chi connectivity index (χ2v) is 14.5. The van der Waals surface area contributed by atoms with Crippen LogP contribution in [0.25, 0.3) is 21.7 Å². The van der Waals surface area contributed by atoms with E-state index in [1.807, 2.05) is 84.9 Å². The third-order valence-corrected chi connectivity index (χ3v) is 10.8. The van der Waals surface area contributed by atoms with Crippen molar-refractivity contribution in [1.29, 1.82) is 0 Å². The summed E-state index contributed by atoms with van der Waals surface area (Å²) in [5, 5.41) is 12.7. The smallest absolute Gasteiger partial charge is 0.335 e. The molecule has 7 rings (SSSR count). The first-order valence-electron chi connectivity index (χ1n) is 16.6. The van der Waals surface area contributed by atoms with E-state index in [0.717, 1.165) is 44.1 Å². The number of halogens is 1. The average molecular weight is 715 g/mol. The van der Waals surface area contributed by atoms with Crippen LogP contribution in [0.4, 0.5) is 0 Å². The summed E-state index contributed by atoms with van der Waals surface area (Å²) in [5.41, 5.74) is 5.25. The van der Waals surface area contributed by atoms with Crippen molar-refractivity contribution in [3.63, 3.8) is 0 Å². The quantitative estimate of drug-likeness (QED) is 0.124. The van der Waals surface area contributed by atoms with Crippen LogP contribution >= 0.6 is 11.6 Å². The van der Waals surface area contributed by atoms with Gasteiger partial charge in [-0.3, -0.25) is 0 Å². The Morgan fingerprint density at radius 1 is 0.745 bits per heavy atom. The van der Waals surface area contributed by atoms with Gasteiger partial charge >= 0.3 is 5.97 Å². The Balaban J connectivity index is 1.29. The molecule has 7 aromatic rings. The first-order chi connectivity index (χ1) is 24.8. The molecule has 0 unspecified atom stereocenters. The molecule has 0 saturated heterocycles. The number of nitrogens with zero attached hydrogens (tertiary/aromatic N) is 1. The lowest BCUT2D eigenvalue weighted by Gasteiger charge is -2.25. The Morgan fingerprint density at radius 3 is 2.06 bits per heavy atom. The summed E-state index contributed by atoms with van der Waals surface area (Å²) in [7, 11) is -3.82. The monoisotopic (exact) mass is 714 g/mol. The molecule has 1 heterocycles. The molecule has 6 aromatic carbocycles. The van der Waals surface area contributed by atoms with E-state index in [2.05, 4.69) is 33.6 Å². The molecule has 0 bridgehead atoms. The van der Waals surface area contributed by atoms with Crippen molar-refractivity contribution in [3.8, 4) is 5.75 Å². The Bertz CT molecular complexity index is 2390. The molecule has 0 amide bonds. The maximum absolute atomic E-state index is 13.6. The number of nitrogens with one attached hydrogen (secondary N) is 1. The maximum Gasteiger partial charge on any atom is 0.335 e. The molecule has 2 N–H and O–H groups in total. The van der Waals surface area contributed by atoms with Crippen molar-refractivity contribution in [3.05, 3.63) is 179 Å². The number of aromatic nitrogens is 1. The molecule has 51 heavy (non-hydrogen) atoms. The number of hydrogen-bond donors (Lipinski definition) is 2. The number of carbonyl (C=O) groups is 1. The first-order valence-corrected chi connectivity index (χ1v) is 18.5. The number of rotatable bonds is 13. The van der Waals surface area contributed by atoms with E-state index in [4.69, 9.17) is 16.3 Å². The molecule has 0 radical (unpaired) electrons. The van der Waals surface area contributed by atoms with E-state index in [0.29, 0.717) is 30.2 Å². The van der Waals surface area contributed by atoms with Gasteiger partial charge in [-0.2, -0.15) is 0 Å². The fraction of sp³-hybridized carbons (Fsp3) is 0.119. The lowest BCUT2D eigenvalue weighted by Crippen LogP contribution is -2.27. The molecule has 7 nitrogen and oxygen atoms in total. The minimum atomic E-state index is -3.82. The fourth-order valence-electron chi connectivity index (χ4n) is 6.70. The topological polar surface area (TPSA) is 97.6 Å². The minimum absolute atomic E-state index is 0.153. The Labute approximate surface area is 301 Å². The molecule has 0 spiro atoms. The van der Waals surface area contributed by atoms with Crippen LogP contribution in [0.5, 0.6) is 5.75 Å². The zero-order valence-corrected chi connectivity index (χ0v) is 29.1. The minimum Gasteiger partial charge on any atom is -0.493 e. The molecular formula is C42H35ClN2O5S. The van der Waals surface area contributed by atoms with Crippen LogP contribution in [0.15, 0.2) is 150 Å². The van der Waals surface area contributed by atoms with Crippen LogP contribution in [0.2, 0.25) is 5.02 Å². The van der Waals surface area contributed by atoms with Crippen molar-refractivity contribution in [2.45, 2.75) is 23.8 Å². The summed E-state index contributed by atoms with van der Waals surface area (Å²) >= 11 is 6.63. The zero-order chi connectivity index (χ0) is 35.4. The van der Waals surface area contributed by atoms with Crippen LogP contribution in [-0.2, 0) is 22.9 Å². The predicted molar refractivity (Wildman–Crippen MR) is 203 cm³/mol. The van der Waals surface area contributed by atoms with E-state index < -0.39 is 16.0 Å². The molecule has 0 saturated carbocycles. The molecular weight excluding hydrogens is 680 g/mol. The van der Waals surface area contributed by atoms with Gasteiger partial charge in [0.2, 0.25) is 10.0 Å². The fourth-order valence-corrected chi connectivity index (χ4v) is 7.94. The van der Waals surface area contributed by atoms with Crippen LogP contribution in [0, 0.1) is 0 Å². The summed E-state index contributed by atoms with van der Waals surface area (Å²) in [6.07, 6.45) is 0.880. The van der Waals surface area contributed by atoms with E-state index in [1.165, 1.54) is 12.1 Å². The summed E-state index contributed by atoms with van der Waals surface area (Å²) in [6.45, 7) is 0.454. The first kappa shape index (κ1) is 34.1. The molecule has 0 aliphatic heterocycles. The van der Waals surface area contributed by atoms with Gasteiger partial charge in [0, 0.05) is 41.0 Å². The van der Waals surface area contributed by atoms with Gasteiger partial charge in [-0.25, -0.2) is 17.9 Å². The standard InChI is InChI=1S/C42H35ClN2O5S/c43-34-18-22-39-38(28-34)37(24-26-50-35-19-15-32(16-20-35)42(46)47)40(45(39)41(30-10-3-1-4-11-30)31-12-5-2-6-13-31)23-25-44-51(48,49)36-21-17-29-9-7-8-14-33(29)27-36/h1-22,27-28,41,44H,23-26H2,(H,46,47). The number of benzene rings is 6. The van der Waals surface area contributed by atoms with Gasteiger partial charge in [0.05, 0.1) is 23.1 Å². The van der Waals surface area contributed by atoms with Gasteiger partial charge in [-0.15, -0.1) is 0 Å². The normalized spacial score (nSPS) is 11.7. The number of carboxylic acids is 1. The van der Waals surface area contributed by atoms with Gasteiger partial charge in [0.1, 0.15) is 5.75 Å². The second kappa shape index (κ2) is 14.8. The van der Waals surface area contributed by atoms with Crippen molar-refractivity contribution in [2.24, 2.45) is 0 Å². The Kier molecular flexibility index (Phi) is 9.90. The van der Waals surface area contributed by atoms with Crippen LogP contribution in [-0.4, -0.2) is 37.2 Å². The maximum atomic E-state index is 13.6. The van der Waals surface area contributed by atoms with Crippen LogP contribution < -0.4 is 9.46 Å². The van der Waals surface area contributed by atoms with Gasteiger partial charge in [0.25, 0.3) is 0 Å². The summed E-state index contributed by atoms with van der Waals surface area (Å²) in [5.74, 6) is -0.448. The molecule has 0 aliphatic carbocycles. The van der Waals surface area contributed by atoms with Crippen LogP contribution in [0.3, 0.4) is 0 Å². The number of carboxylic acid groups (broad SMARTS) is 1. The lowest BCUT2D eigenvalue weighted by molar-refractivity contribution is 0.0697. The highest BCUT2D eigenvalue weighted by atomic mass is 35.5. The third-order valence-electron chi connectivity index (χ3n) is 9.08. The van der Waals surface area contributed by atoms with E-state index in [9.17, 15) is 18.3 Å². The molecule has 0 fully saturated rings. The highest BCUT2D eigenvalue weighted by molar-refractivity contribution is 7.89.